The molecule has 33 heavy (non-hydrogen) atoms. The third-order valence-corrected chi connectivity index (χ3v) is 6.76. The van der Waals surface area contributed by atoms with Gasteiger partial charge in [-0.05, 0) is 61.2 Å². The highest BCUT2D eigenvalue weighted by molar-refractivity contribution is 5.93. The third-order valence-electron chi connectivity index (χ3n) is 6.76. The first-order valence-electron chi connectivity index (χ1n) is 12.1. The van der Waals surface area contributed by atoms with Gasteiger partial charge in [0.05, 0.1) is 13.3 Å². The van der Waals surface area contributed by atoms with E-state index < -0.39 is 0 Å². The summed E-state index contributed by atoms with van der Waals surface area (Å²) in [5.74, 6) is -0.271. The van der Waals surface area contributed by atoms with E-state index in [9.17, 15) is 9.18 Å². The summed E-state index contributed by atoms with van der Waals surface area (Å²) < 4.78 is 13.5. The molecule has 2 aromatic carbocycles. The van der Waals surface area contributed by atoms with Crippen LogP contribution >= 0.6 is 0 Å². The maximum absolute atomic E-state index is 13.5. The van der Waals surface area contributed by atoms with Gasteiger partial charge in [0.25, 0.3) is 0 Å². The van der Waals surface area contributed by atoms with E-state index in [4.69, 9.17) is 4.84 Å². The summed E-state index contributed by atoms with van der Waals surface area (Å²) in [5, 5.41) is 11.3. The lowest BCUT2D eigenvalue weighted by Gasteiger charge is -2.49. The molecule has 1 aliphatic carbocycles. The largest absolute Gasteiger partial charge is 0.321 e. The second kappa shape index (κ2) is 11.2. The molecule has 7 nitrogen and oxygen atoms in total. The minimum absolute atomic E-state index is 0.0107. The zero-order valence-electron chi connectivity index (χ0n) is 19.6. The molecule has 1 heterocycles. The van der Waals surface area contributed by atoms with Crippen LogP contribution in [-0.2, 0) is 4.84 Å². The van der Waals surface area contributed by atoms with Crippen molar-refractivity contribution in [3.8, 4) is 0 Å². The number of nitrogens with zero attached hydrogens (tertiary/aromatic N) is 1. The van der Waals surface area contributed by atoms with Crippen LogP contribution in [0, 0.1) is 5.82 Å². The lowest BCUT2D eigenvalue weighted by Crippen LogP contribution is -2.71. The van der Waals surface area contributed by atoms with Gasteiger partial charge in [-0.1, -0.05) is 44.2 Å². The Morgan fingerprint density at radius 3 is 2.52 bits per heavy atom. The summed E-state index contributed by atoms with van der Waals surface area (Å²) in [7, 11) is 1.64. The standard InChI is InChI=1S/C25H36FN5O2/c1-17-14-23(30-33-2)31(22-8-6-4-3-5-7-9-22)24(27-17)29-25(32)28-21-13-11-18-15-20(26)12-10-19(18)16-21/h10-13,15-17,22-24,27,30H,3-9,14H2,1-2H3,(H2,28,29,32). The molecule has 2 amide bonds. The van der Waals surface area contributed by atoms with Gasteiger partial charge in [0.15, 0.2) is 0 Å². The van der Waals surface area contributed by atoms with Crippen molar-refractivity contribution in [3.05, 3.63) is 42.2 Å². The minimum Gasteiger partial charge on any atom is -0.309 e. The quantitative estimate of drug-likeness (QED) is 0.492. The highest BCUT2D eigenvalue weighted by atomic mass is 19.1. The number of benzene rings is 2. The SMILES string of the molecule is CONC1CC(C)NC(NC(=O)Nc2ccc3cc(F)ccc3c2)N1C1CCCCCCC1. The Morgan fingerprint density at radius 1 is 1.06 bits per heavy atom. The smallest absolute Gasteiger partial charge is 0.309 e. The first kappa shape index (κ1) is 23.9. The number of carbonyl (C=O) groups excluding carboxylic acids is 1. The predicted molar refractivity (Wildman–Crippen MR) is 129 cm³/mol. The van der Waals surface area contributed by atoms with Crippen molar-refractivity contribution in [1.29, 1.82) is 0 Å². The topological polar surface area (TPSA) is 77.7 Å². The van der Waals surface area contributed by atoms with Crippen LogP contribution in [-0.4, -0.2) is 42.6 Å². The maximum atomic E-state index is 13.5. The Morgan fingerprint density at radius 2 is 1.76 bits per heavy atom. The number of halogens is 1. The molecule has 4 N–H and O–H groups in total. The summed E-state index contributed by atoms with van der Waals surface area (Å²) in [4.78, 5) is 20.7. The van der Waals surface area contributed by atoms with Crippen LogP contribution < -0.4 is 21.4 Å². The molecule has 2 fully saturated rings. The van der Waals surface area contributed by atoms with E-state index in [1.807, 2.05) is 12.1 Å². The zero-order valence-corrected chi connectivity index (χ0v) is 19.6. The number of anilines is 1. The summed E-state index contributed by atoms with van der Waals surface area (Å²) in [5.41, 5.74) is 3.83. The van der Waals surface area contributed by atoms with Crippen LogP contribution in [0.5, 0.6) is 0 Å². The molecular formula is C25H36FN5O2. The normalized spacial score (nSPS) is 25.4. The number of hydroxylamine groups is 1. The summed E-state index contributed by atoms with van der Waals surface area (Å²) in [6, 6.07) is 10.4. The van der Waals surface area contributed by atoms with Crippen LogP contribution in [0.1, 0.15) is 58.3 Å². The highest BCUT2D eigenvalue weighted by Gasteiger charge is 2.38. The van der Waals surface area contributed by atoms with Crippen molar-refractivity contribution >= 4 is 22.5 Å². The van der Waals surface area contributed by atoms with Gasteiger partial charge in [0, 0.05) is 17.8 Å². The Hall–Kier alpha value is -2.26. The number of hydrogen-bond acceptors (Lipinski definition) is 5. The second-order valence-corrected chi connectivity index (χ2v) is 9.29. The second-order valence-electron chi connectivity index (χ2n) is 9.29. The van der Waals surface area contributed by atoms with E-state index in [0.717, 1.165) is 30.0 Å². The van der Waals surface area contributed by atoms with Crippen LogP contribution in [0.4, 0.5) is 14.9 Å². The number of rotatable bonds is 5. The van der Waals surface area contributed by atoms with E-state index >= 15 is 0 Å². The first-order valence-corrected chi connectivity index (χ1v) is 12.1. The van der Waals surface area contributed by atoms with Crippen LogP contribution in [0.2, 0.25) is 0 Å². The van der Waals surface area contributed by atoms with Gasteiger partial charge in [-0.3, -0.25) is 10.2 Å². The Labute approximate surface area is 195 Å². The number of urea groups is 1. The molecule has 0 aromatic heterocycles. The van der Waals surface area contributed by atoms with E-state index in [-0.39, 0.29) is 30.3 Å². The fourth-order valence-electron chi connectivity index (χ4n) is 5.21. The molecule has 2 aliphatic rings. The Kier molecular flexibility index (Phi) is 8.14. The molecule has 3 unspecified atom stereocenters. The average Bonchev–Trinajstić information content (AvgIpc) is 2.74. The number of carbonyl (C=O) groups is 1. The van der Waals surface area contributed by atoms with Gasteiger partial charge in [-0.15, -0.1) is 0 Å². The molecule has 4 rings (SSSR count). The fraction of sp³-hybridized carbons (Fsp3) is 0.560. The van der Waals surface area contributed by atoms with Crippen molar-refractivity contribution in [2.45, 2.75) is 82.8 Å². The molecule has 2 aromatic rings. The van der Waals surface area contributed by atoms with Crippen LogP contribution in [0.25, 0.3) is 10.8 Å². The van der Waals surface area contributed by atoms with Crippen molar-refractivity contribution in [3.63, 3.8) is 0 Å². The minimum atomic E-state index is -0.319. The van der Waals surface area contributed by atoms with Gasteiger partial charge in [0.2, 0.25) is 0 Å². The van der Waals surface area contributed by atoms with Crippen LogP contribution in [0.15, 0.2) is 36.4 Å². The molecule has 0 bridgehead atoms. The maximum Gasteiger partial charge on any atom is 0.321 e. The van der Waals surface area contributed by atoms with Crippen molar-refractivity contribution in [2.24, 2.45) is 0 Å². The molecular weight excluding hydrogens is 421 g/mol. The number of fused-ring (bicyclic) bond motifs is 1. The molecule has 1 saturated heterocycles. The number of hydrogen-bond donors (Lipinski definition) is 4. The Bertz CT molecular complexity index is 934. The molecule has 1 saturated carbocycles. The summed E-state index contributed by atoms with van der Waals surface area (Å²) in [6.45, 7) is 2.12. The van der Waals surface area contributed by atoms with Gasteiger partial charge in [-0.25, -0.2) is 9.18 Å². The van der Waals surface area contributed by atoms with Crippen molar-refractivity contribution < 1.29 is 14.0 Å². The van der Waals surface area contributed by atoms with E-state index in [0.29, 0.717) is 11.7 Å². The van der Waals surface area contributed by atoms with Gasteiger partial charge >= 0.3 is 6.03 Å². The average molecular weight is 458 g/mol. The highest BCUT2D eigenvalue weighted by Crippen LogP contribution is 2.27. The molecule has 8 heteroatoms. The molecule has 180 valence electrons. The van der Waals surface area contributed by atoms with Crippen molar-refractivity contribution in [1.82, 2.24) is 21.0 Å². The number of nitrogens with one attached hydrogen (secondary N) is 4. The lowest BCUT2D eigenvalue weighted by molar-refractivity contribution is -0.0862. The van der Waals surface area contributed by atoms with E-state index in [2.05, 4.69) is 33.3 Å². The number of amides is 2. The van der Waals surface area contributed by atoms with Crippen LogP contribution in [0.3, 0.4) is 0 Å². The van der Waals surface area contributed by atoms with Crippen molar-refractivity contribution in [2.75, 3.05) is 12.4 Å². The van der Waals surface area contributed by atoms with Gasteiger partial charge < -0.3 is 15.5 Å². The Balaban J connectivity index is 1.48. The molecule has 3 atom stereocenters. The summed E-state index contributed by atoms with van der Waals surface area (Å²) in [6.07, 6.45) is 9.03. The van der Waals surface area contributed by atoms with Gasteiger partial charge in [0.1, 0.15) is 12.1 Å². The monoisotopic (exact) mass is 457 g/mol. The zero-order chi connectivity index (χ0) is 23.2. The molecule has 0 spiro atoms. The van der Waals surface area contributed by atoms with E-state index in [1.54, 1.807) is 19.2 Å². The van der Waals surface area contributed by atoms with Gasteiger partial charge in [-0.2, -0.15) is 5.48 Å². The fourth-order valence-corrected chi connectivity index (χ4v) is 5.21. The molecule has 1 aliphatic heterocycles. The first-order chi connectivity index (χ1) is 16.0. The van der Waals surface area contributed by atoms with E-state index in [1.165, 1.54) is 44.2 Å². The summed E-state index contributed by atoms with van der Waals surface area (Å²) >= 11 is 0. The molecule has 0 radical (unpaired) electrons. The lowest BCUT2D eigenvalue weighted by atomic mass is 9.94. The third kappa shape index (κ3) is 6.20. The predicted octanol–water partition coefficient (Wildman–Crippen LogP) is 4.66.